The van der Waals surface area contributed by atoms with Crippen molar-refractivity contribution in [2.75, 3.05) is 24.5 Å². The molecule has 0 spiro atoms. The number of fused-ring (bicyclic) bond motifs is 1. The second-order valence-electron chi connectivity index (χ2n) is 7.40. The van der Waals surface area contributed by atoms with Crippen molar-refractivity contribution in [2.24, 2.45) is 5.92 Å². The molecular weight excluding hydrogens is 327 g/mol. The minimum atomic E-state index is -0.184. The van der Waals surface area contributed by atoms with Gasteiger partial charge in [-0.1, -0.05) is 30.3 Å². The van der Waals surface area contributed by atoms with Crippen molar-refractivity contribution < 1.29 is 9.18 Å². The summed E-state index contributed by atoms with van der Waals surface area (Å²) in [4.78, 5) is 17.4. The molecule has 1 saturated heterocycles. The van der Waals surface area contributed by atoms with Crippen LogP contribution in [0.5, 0.6) is 0 Å². The van der Waals surface area contributed by atoms with Crippen molar-refractivity contribution in [3.8, 4) is 0 Å². The lowest BCUT2D eigenvalue weighted by molar-refractivity contribution is -0.123. The molecule has 2 aromatic carbocycles. The molecule has 2 heterocycles. The van der Waals surface area contributed by atoms with Crippen LogP contribution in [-0.2, 0) is 17.8 Å². The number of hydrogen-bond acceptors (Lipinski definition) is 2. The van der Waals surface area contributed by atoms with Gasteiger partial charge in [0.25, 0.3) is 0 Å². The number of carbonyl (C=O) groups is 1. The lowest BCUT2D eigenvalue weighted by atomic mass is 9.93. The predicted octanol–water partition coefficient (Wildman–Crippen LogP) is 4.02. The molecule has 136 valence electrons. The minimum Gasteiger partial charge on any atom is -0.312 e. The molecule has 2 aliphatic rings. The molecule has 3 nitrogen and oxygen atoms in total. The van der Waals surface area contributed by atoms with E-state index >= 15 is 0 Å². The smallest absolute Gasteiger partial charge is 0.230 e. The number of rotatable bonds is 3. The number of para-hydroxylation sites is 1. The van der Waals surface area contributed by atoms with Gasteiger partial charge in [0.05, 0.1) is 0 Å². The Morgan fingerprint density at radius 1 is 1.04 bits per heavy atom. The van der Waals surface area contributed by atoms with E-state index in [1.807, 2.05) is 17.0 Å². The molecule has 2 aromatic rings. The van der Waals surface area contributed by atoms with Gasteiger partial charge in [-0.2, -0.15) is 0 Å². The van der Waals surface area contributed by atoms with Crippen molar-refractivity contribution >= 4 is 11.6 Å². The van der Waals surface area contributed by atoms with Crippen LogP contribution in [0.25, 0.3) is 0 Å². The first kappa shape index (κ1) is 17.2. The summed E-state index contributed by atoms with van der Waals surface area (Å²) in [6.45, 7) is 3.37. The van der Waals surface area contributed by atoms with Crippen LogP contribution in [0.1, 0.15) is 30.4 Å². The van der Waals surface area contributed by atoms with Crippen molar-refractivity contribution in [1.29, 1.82) is 0 Å². The van der Waals surface area contributed by atoms with E-state index in [0.717, 1.165) is 63.1 Å². The van der Waals surface area contributed by atoms with Crippen LogP contribution in [0.4, 0.5) is 10.1 Å². The summed E-state index contributed by atoms with van der Waals surface area (Å²) in [5, 5.41) is 0. The van der Waals surface area contributed by atoms with Gasteiger partial charge in [-0.25, -0.2) is 4.39 Å². The summed E-state index contributed by atoms with van der Waals surface area (Å²) < 4.78 is 13.3. The van der Waals surface area contributed by atoms with Gasteiger partial charge in [0, 0.05) is 24.7 Å². The first-order valence-electron chi connectivity index (χ1n) is 9.57. The lowest BCUT2D eigenvalue weighted by Crippen LogP contribution is -2.44. The zero-order valence-electron chi connectivity index (χ0n) is 15.0. The Morgan fingerprint density at radius 3 is 2.65 bits per heavy atom. The summed E-state index contributed by atoms with van der Waals surface area (Å²) in [6, 6.07) is 15.1. The Labute approximate surface area is 154 Å². The molecule has 0 bridgehead atoms. The van der Waals surface area contributed by atoms with Crippen LogP contribution < -0.4 is 4.90 Å². The van der Waals surface area contributed by atoms with Gasteiger partial charge in [-0.3, -0.25) is 9.69 Å². The number of aryl methyl sites for hydroxylation is 1. The number of likely N-dealkylation sites (tertiary alicyclic amines) is 1. The Kier molecular flexibility index (Phi) is 5.02. The quantitative estimate of drug-likeness (QED) is 0.833. The minimum absolute atomic E-state index is 0.102. The molecule has 0 atom stereocenters. The Balaban J connectivity index is 1.37. The molecule has 0 radical (unpaired) electrons. The third-order valence-corrected chi connectivity index (χ3v) is 5.61. The van der Waals surface area contributed by atoms with Crippen molar-refractivity contribution in [2.45, 2.75) is 32.2 Å². The van der Waals surface area contributed by atoms with Crippen molar-refractivity contribution in [3.05, 3.63) is 65.5 Å². The number of hydrogen-bond donors (Lipinski definition) is 0. The van der Waals surface area contributed by atoms with Gasteiger partial charge < -0.3 is 4.90 Å². The van der Waals surface area contributed by atoms with Gasteiger partial charge in [-0.05, 0) is 68.1 Å². The second-order valence-corrected chi connectivity index (χ2v) is 7.40. The lowest BCUT2D eigenvalue weighted by Gasteiger charge is -2.36. The van der Waals surface area contributed by atoms with Gasteiger partial charge in [0.15, 0.2) is 0 Å². The maximum atomic E-state index is 13.3. The number of anilines is 1. The average molecular weight is 352 g/mol. The number of amides is 1. The third kappa shape index (κ3) is 3.65. The third-order valence-electron chi connectivity index (χ3n) is 5.61. The number of benzene rings is 2. The van der Waals surface area contributed by atoms with E-state index in [0.29, 0.717) is 0 Å². The summed E-state index contributed by atoms with van der Waals surface area (Å²) in [6.07, 6.45) is 3.87. The summed E-state index contributed by atoms with van der Waals surface area (Å²) in [5.41, 5.74) is 3.39. The molecule has 0 saturated carbocycles. The average Bonchev–Trinajstić information content (AvgIpc) is 2.68. The molecular formula is C22H25FN2O. The van der Waals surface area contributed by atoms with Gasteiger partial charge in [-0.15, -0.1) is 0 Å². The van der Waals surface area contributed by atoms with Gasteiger partial charge in [0.1, 0.15) is 5.82 Å². The van der Waals surface area contributed by atoms with Crippen LogP contribution in [0.2, 0.25) is 0 Å². The molecule has 0 aliphatic carbocycles. The highest BCUT2D eigenvalue weighted by Gasteiger charge is 2.31. The standard InChI is InChI=1S/C22H25FN2O/c23-20-8-3-5-17(15-20)16-24-13-10-19(11-14-24)22(26)25-12-4-7-18-6-1-2-9-21(18)25/h1-3,5-6,8-9,15,19H,4,7,10-14,16H2. The van der Waals surface area contributed by atoms with Crippen LogP contribution in [-0.4, -0.2) is 30.4 Å². The number of piperidine rings is 1. The number of nitrogens with zero attached hydrogens (tertiary/aromatic N) is 2. The Morgan fingerprint density at radius 2 is 1.85 bits per heavy atom. The van der Waals surface area contributed by atoms with Gasteiger partial charge >= 0.3 is 0 Å². The number of carbonyl (C=O) groups excluding carboxylic acids is 1. The SMILES string of the molecule is O=C(C1CCN(Cc2cccc(F)c2)CC1)N1CCCc2ccccc21. The molecule has 0 aromatic heterocycles. The van der Waals surface area contributed by atoms with Crippen LogP contribution in [0.15, 0.2) is 48.5 Å². The highest BCUT2D eigenvalue weighted by atomic mass is 19.1. The molecule has 4 rings (SSSR count). The fourth-order valence-corrected chi connectivity index (χ4v) is 4.21. The molecule has 26 heavy (non-hydrogen) atoms. The van der Waals surface area contributed by atoms with E-state index in [1.54, 1.807) is 12.1 Å². The van der Waals surface area contributed by atoms with Crippen molar-refractivity contribution in [3.63, 3.8) is 0 Å². The number of halogens is 1. The normalized spacial score (nSPS) is 18.6. The maximum Gasteiger partial charge on any atom is 0.230 e. The van der Waals surface area contributed by atoms with E-state index in [2.05, 4.69) is 23.1 Å². The predicted molar refractivity (Wildman–Crippen MR) is 102 cm³/mol. The van der Waals surface area contributed by atoms with Crippen LogP contribution in [0, 0.1) is 11.7 Å². The van der Waals surface area contributed by atoms with E-state index in [4.69, 9.17) is 0 Å². The maximum absolute atomic E-state index is 13.3. The van der Waals surface area contributed by atoms with Crippen molar-refractivity contribution in [1.82, 2.24) is 4.90 Å². The molecule has 1 fully saturated rings. The Bertz CT molecular complexity index is 783. The first-order valence-corrected chi connectivity index (χ1v) is 9.57. The highest BCUT2D eigenvalue weighted by molar-refractivity contribution is 5.96. The van der Waals surface area contributed by atoms with E-state index in [1.165, 1.54) is 11.6 Å². The molecule has 2 aliphatic heterocycles. The molecule has 0 unspecified atom stereocenters. The molecule has 1 amide bonds. The first-order chi connectivity index (χ1) is 12.7. The van der Waals surface area contributed by atoms with Crippen LogP contribution in [0.3, 0.4) is 0 Å². The molecule has 4 heteroatoms. The monoisotopic (exact) mass is 352 g/mol. The summed E-state index contributed by atoms with van der Waals surface area (Å²) in [5.74, 6) is 0.198. The zero-order valence-corrected chi connectivity index (χ0v) is 15.0. The Hall–Kier alpha value is -2.20. The summed E-state index contributed by atoms with van der Waals surface area (Å²) in [7, 11) is 0. The second kappa shape index (κ2) is 7.58. The van der Waals surface area contributed by atoms with Crippen LogP contribution >= 0.6 is 0 Å². The van der Waals surface area contributed by atoms with E-state index in [9.17, 15) is 9.18 Å². The fourth-order valence-electron chi connectivity index (χ4n) is 4.21. The topological polar surface area (TPSA) is 23.6 Å². The van der Waals surface area contributed by atoms with E-state index < -0.39 is 0 Å². The zero-order chi connectivity index (χ0) is 17.9. The molecule has 0 N–H and O–H groups in total. The summed E-state index contributed by atoms with van der Waals surface area (Å²) >= 11 is 0. The fraction of sp³-hybridized carbons (Fsp3) is 0.409. The largest absolute Gasteiger partial charge is 0.312 e. The van der Waals surface area contributed by atoms with Gasteiger partial charge in [0.2, 0.25) is 5.91 Å². The van der Waals surface area contributed by atoms with E-state index in [-0.39, 0.29) is 17.6 Å². The highest BCUT2D eigenvalue weighted by Crippen LogP contribution is 2.30.